The van der Waals surface area contributed by atoms with E-state index in [0.29, 0.717) is 50.0 Å². The fraction of sp³-hybridized carbons (Fsp3) is 0.400. The van der Waals surface area contributed by atoms with Crippen LogP contribution < -0.4 is 9.64 Å². The molecule has 2 aromatic carbocycles. The third kappa shape index (κ3) is 5.01. The lowest BCUT2D eigenvalue weighted by molar-refractivity contribution is -0.384. The van der Waals surface area contributed by atoms with E-state index in [4.69, 9.17) is 9.26 Å². The van der Waals surface area contributed by atoms with Crippen molar-refractivity contribution in [1.29, 1.82) is 0 Å². The Morgan fingerprint density at radius 2 is 1.78 bits per heavy atom. The van der Waals surface area contributed by atoms with Crippen molar-refractivity contribution in [2.45, 2.75) is 19.4 Å². The Balaban J connectivity index is 1.22. The van der Waals surface area contributed by atoms with Crippen molar-refractivity contribution in [3.63, 3.8) is 0 Å². The average molecular weight is 493 g/mol. The van der Waals surface area contributed by atoms with E-state index < -0.39 is 4.92 Å². The van der Waals surface area contributed by atoms with Crippen LogP contribution >= 0.6 is 0 Å². The number of carbonyl (C=O) groups excluding carboxylic acids is 1. The number of carbonyl (C=O) groups is 1. The van der Waals surface area contributed by atoms with Crippen molar-refractivity contribution in [2.75, 3.05) is 51.3 Å². The van der Waals surface area contributed by atoms with Crippen molar-refractivity contribution < 1.29 is 19.0 Å². The lowest BCUT2D eigenvalue weighted by atomic mass is 10.1. The van der Waals surface area contributed by atoms with Gasteiger partial charge in [-0.05, 0) is 43.2 Å². The zero-order chi connectivity index (χ0) is 25.1. The molecule has 36 heavy (non-hydrogen) atoms. The zero-order valence-corrected chi connectivity index (χ0v) is 20.1. The summed E-state index contributed by atoms with van der Waals surface area (Å²) in [6.45, 7) is 4.50. The molecule has 0 saturated carbocycles. The highest BCUT2D eigenvalue weighted by atomic mass is 16.6. The number of anilines is 1. The molecule has 2 saturated heterocycles. The maximum absolute atomic E-state index is 13.4. The first kappa shape index (κ1) is 23.7. The van der Waals surface area contributed by atoms with E-state index in [1.807, 2.05) is 24.3 Å². The first-order valence-corrected chi connectivity index (χ1v) is 12.0. The number of non-ortho nitro benzene ring substituents is 1. The van der Waals surface area contributed by atoms with Gasteiger partial charge in [0.15, 0.2) is 0 Å². The molecule has 2 fully saturated rings. The molecule has 3 heterocycles. The summed E-state index contributed by atoms with van der Waals surface area (Å²) >= 11 is 0. The van der Waals surface area contributed by atoms with Gasteiger partial charge in [0, 0.05) is 57.0 Å². The van der Waals surface area contributed by atoms with Gasteiger partial charge in [-0.15, -0.1) is 0 Å². The minimum absolute atomic E-state index is 0.0657. The van der Waals surface area contributed by atoms with E-state index in [1.54, 1.807) is 18.1 Å². The summed E-state index contributed by atoms with van der Waals surface area (Å²) in [6.07, 6.45) is 2.11. The first-order valence-electron chi connectivity index (χ1n) is 12.0. The Morgan fingerprint density at radius 1 is 1.06 bits per heavy atom. The molecule has 1 aromatic heterocycles. The highest BCUT2D eigenvalue weighted by molar-refractivity contribution is 6.00. The van der Waals surface area contributed by atoms with Crippen LogP contribution in [0.5, 0.6) is 5.75 Å². The molecular formula is C25H28N6O5. The van der Waals surface area contributed by atoms with Crippen molar-refractivity contribution in [1.82, 2.24) is 19.9 Å². The molecule has 0 radical (unpaired) electrons. The Hall–Kier alpha value is -3.99. The molecule has 11 heteroatoms. The van der Waals surface area contributed by atoms with Crippen LogP contribution in [0.1, 0.15) is 29.1 Å². The first-order chi connectivity index (χ1) is 17.5. The quantitative estimate of drug-likeness (QED) is 0.362. The second kappa shape index (κ2) is 10.3. The third-order valence-electron chi connectivity index (χ3n) is 6.70. The van der Waals surface area contributed by atoms with Crippen LogP contribution in [0.4, 0.5) is 11.4 Å². The molecule has 2 aliphatic heterocycles. The predicted molar refractivity (Wildman–Crippen MR) is 132 cm³/mol. The Kier molecular flexibility index (Phi) is 6.81. The second-order valence-corrected chi connectivity index (χ2v) is 8.96. The van der Waals surface area contributed by atoms with Crippen LogP contribution in [0, 0.1) is 10.1 Å². The Bertz CT molecular complexity index is 1230. The summed E-state index contributed by atoms with van der Waals surface area (Å²) in [5.41, 5.74) is 1.96. The van der Waals surface area contributed by atoms with E-state index in [9.17, 15) is 14.9 Å². The molecule has 2 aliphatic rings. The van der Waals surface area contributed by atoms with Gasteiger partial charge in [-0.1, -0.05) is 5.16 Å². The van der Waals surface area contributed by atoms with Gasteiger partial charge in [0.2, 0.25) is 11.7 Å². The van der Waals surface area contributed by atoms with Crippen LogP contribution in [0.2, 0.25) is 0 Å². The maximum atomic E-state index is 13.4. The number of nitro groups is 1. The number of nitro benzene ring substituents is 1. The van der Waals surface area contributed by atoms with E-state index in [-0.39, 0.29) is 11.6 Å². The molecule has 188 valence electrons. The standard InChI is InChI=1S/C25H28N6O5/c1-35-20-7-4-18(5-8-20)24-26-23(36-27-24)17-28-12-14-30(15-13-28)25(32)21-16-19(31(33)34)6-9-22(21)29-10-2-3-11-29/h4-9,16H,2-3,10-15,17H2,1H3. The fourth-order valence-corrected chi connectivity index (χ4v) is 4.69. The predicted octanol–water partition coefficient (Wildman–Crippen LogP) is 3.21. The third-order valence-corrected chi connectivity index (χ3v) is 6.70. The number of hydrogen-bond acceptors (Lipinski definition) is 9. The second-order valence-electron chi connectivity index (χ2n) is 8.96. The number of nitrogens with zero attached hydrogens (tertiary/aromatic N) is 6. The van der Waals surface area contributed by atoms with Crippen molar-refractivity contribution in [3.05, 3.63) is 64.0 Å². The molecule has 5 rings (SSSR count). The molecule has 0 aliphatic carbocycles. The van der Waals surface area contributed by atoms with Gasteiger partial charge in [-0.3, -0.25) is 19.8 Å². The molecule has 1 amide bonds. The SMILES string of the molecule is COc1ccc(-c2noc(CN3CCN(C(=O)c4cc([N+](=O)[O-])ccc4N4CCCC4)CC3)n2)cc1. The number of ether oxygens (including phenoxy) is 1. The van der Waals surface area contributed by atoms with E-state index in [0.717, 1.165) is 42.9 Å². The molecule has 0 N–H and O–H groups in total. The summed E-state index contributed by atoms with van der Waals surface area (Å²) in [7, 11) is 1.62. The highest BCUT2D eigenvalue weighted by Crippen LogP contribution is 2.30. The van der Waals surface area contributed by atoms with Gasteiger partial charge in [0.25, 0.3) is 11.6 Å². The average Bonchev–Trinajstić information content (AvgIpc) is 3.61. The summed E-state index contributed by atoms with van der Waals surface area (Å²) in [5, 5.41) is 15.4. The van der Waals surface area contributed by atoms with Gasteiger partial charge < -0.3 is 19.1 Å². The van der Waals surface area contributed by atoms with Crippen LogP contribution in [0.3, 0.4) is 0 Å². The normalized spacial score (nSPS) is 16.4. The van der Waals surface area contributed by atoms with Gasteiger partial charge in [0.05, 0.1) is 29.8 Å². The molecular weight excluding hydrogens is 464 g/mol. The summed E-state index contributed by atoms with van der Waals surface area (Å²) in [4.78, 5) is 34.9. The largest absolute Gasteiger partial charge is 0.497 e. The molecule has 0 unspecified atom stereocenters. The maximum Gasteiger partial charge on any atom is 0.270 e. The van der Waals surface area contributed by atoms with Crippen LogP contribution in [0.25, 0.3) is 11.4 Å². The van der Waals surface area contributed by atoms with E-state index >= 15 is 0 Å². The molecule has 11 nitrogen and oxygen atoms in total. The number of hydrogen-bond donors (Lipinski definition) is 0. The highest BCUT2D eigenvalue weighted by Gasteiger charge is 2.28. The minimum Gasteiger partial charge on any atom is -0.497 e. The summed E-state index contributed by atoms with van der Waals surface area (Å²) in [6, 6.07) is 12.1. The number of aromatic nitrogens is 2. The van der Waals surface area contributed by atoms with E-state index in [1.165, 1.54) is 12.1 Å². The zero-order valence-electron chi connectivity index (χ0n) is 20.1. The molecule has 0 spiro atoms. The number of amides is 1. The lowest BCUT2D eigenvalue weighted by Gasteiger charge is -2.34. The summed E-state index contributed by atoms with van der Waals surface area (Å²) < 4.78 is 10.6. The van der Waals surface area contributed by atoms with Gasteiger partial charge in [-0.2, -0.15) is 4.98 Å². The minimum atomic E-state index is -0.451. The van der Waals surface area contributed by atoms with Crippen LogP contribution in [0.15, 0.2) is 47.0 Å². The smallest absolute Gasteiger partial charge is 0.270 e. The fourth-order valence-electron chi connectivity index (χ4n) is 4.69. The van der Waals surface area contributed by atoms with Crippen LogP contribution in [-0.4, -0.2) is 77.1 Å². The molecule has 0 atom stereocenters. The number of rotatable bonds is 7. The number of piperazine rings is 1. The molecule has 3 aromatic rings. The van der Waals surface area contributed by atoms with Gasteiger partial charge >= 0.3 is 0 Å². The van der Waals surface area contributed by atoms with Crippen molar-refractivity contribution in [2.24, 2.45) is 0 Å². The van der Waals surface area contributed by atoms with E-state index in [2.05, 4.69) is 19.9 Å². The topological polar surface area (TPSA) is 118 Å². The Labute approximate surface area is 208 Å². The number of methoxy groups -OCH3 is 1. The Morgan fingerprint density at radius 3 is 2.44 bits per heavy atom. The van der Waals surface area contributed by atoms with Crippen molar-refractivity contribution >= 4 is 17.3 Å². The summed E-state index contributed by atoms with van der Waals surface area (Å²) in [5.74, 6) is 1.62. The number of benzene rings is 2. The lowest BCUT2D eigenvalue weighted by Crippen LogP contribution is -2.48. The van der Waals surface area contributed by atoms with Crippen molar-refractivity contribution in [3.8, 4) is 17.1 Å². The van der Waals surface area contributed by atoms with Crippen LogP contribution in [-0.2, 0) is 6.54 Å². The monoisotopic (exact) mass is 492 g/mol. The van der Waals surface area contributed by atoms with Gasteiger partial charge in [-0.25, -0.2) is 0 Å². The van der Waals surface area contributed by atoms with Gasteiger partial charge in [0.1, 0.15) is 5.75 Å². The molecule has 0 bridgehead atoms.